The Morgan fingerprint density at radius 1 is 1.38 bits per heavy atom. The van der Waals surface area contributed by atoms with E-state index in [4.69, 9.17) is 0 Å². The van der Waals surface area contributed by atoms with Crippen molar-refractivity contribution in [3.8, 4) is 0 Å². The van der Waals surface area contributed by atoms with Crippen LogP contribution in [0.4, 0.5) is 0 Å². The minimum Gasteiger partial charge on any atom is -0.349 e. The molecule has 42 valence electrons. The zero-order valence-electron chi connectivity index (χ0n) is 4.50. The average Bonchev–Trinajstić information content (AvgIpc) is 1.77. The van der Waals surface area contributed by atoms with Gasteiger partial charge in [-0.05, 0) is 24.3 Å². The number of carbonyl (C=O) groups excluding carboxylic acids is 1. The third kappa shape index (κ3) is 1.04. The first-order valence-corrected chi connectivity index (χ1v) is 2.52. The van der Waals surface area contributed by atoms with Gasteiger partial charge in [-0.1, -0.05) is 0 Å². The number of hydrogen-bond acceptors (Lipinski definition) is 1. The lowest BCUT2D eigenvalue weighted by atomic mass is 10.1. The number of hydrogen-bond donors (Lipinski definition) is 1. The minimum atomic E-state index is 0.0601. The van der Waals surface area contributed by atoms with Gasteiger partial charge < -0.3 is 5.73 Å². The first-order valence-electron chi connectivity index (χ1n) is 2.52. The second kappa shape index (κ2) is 1.92. The van der Waals surface area contributed by atoms with Gasteiger partial charge in [-0.2, -0.15) is 0 Å². The van der Waals surface area contributed by atoms with Crippen LogP contribution in [0.2, 0.25) is 0 Å². The maximum absolute atomic E-state index is 10.4. The summed E-state index contributed by atoms with van der Waals surface area (Å²) in [5.41, 5.74) is 3.71. The van der Waals surface area contributed by atoms with Crippen molar-refractivity contribution in [3.63, 3.8) is 0 Å². The fourth-order valence-electron chi connectivity index (χ4n) is 0.557. The lowest BCUT2D eigenvalue weighted by molar-refractivity contribution is -0.387. The van der Waals surface area contributed by atoms with Crippen molar-refractivity contribution >= 4 is 5.78 Å². The van der Waals surface area contributed by atoms with Crippen LogP contribution >= 0.6 is 0 Å². The number of rotatable bonds is 0. The summed E-state index contributed by atoms with van der Waals surface area (Å²) in [6.07, 6.45) is 6.64. The topological polar surface area (TPSA) is 44.7 Å². The maximum atomic E-state index is 10.4. The SMILES string of the molecule is [NH3+]C1C=CC(=O)C=C1. The van der Waals surface area contributed by atoms with Crippen LogP contribution in [-0.2, 0) is 4.79 Å². The Morgan fingerprint density at radius 3 is 2.25 bits per heavy atom. The van der Waals surface area contributed by atoms with Crippen LogP contribution in [-0.4, -0.2) is 11.8 Å². The molecule has 1 aliphatic rings. The van der Waals surface area contributed by atoms with E-state index in [1.54, 1.807) is 12.2 Å². The number of quaternary nitrogens is 1. The molecule has 0 spiro atoms. The largest absolute Gasteiger partial charge is 0.349 e. The van der Waals surface area contributed by atoms with Gasteiger partial charge in [0.2, 0.25) is 0 Å². The van der Waals surface area contributed by atoms with Crippen molar-refractivity contribution in [1.82, 2.24) is 0 Å². The minimum absolute atomic E-state index is 0.0601. The van der Waals surface area contributed by atoms with Gasteiger partial charge in [0.05, 0.1) is 0 Å². The van der Waals surface area contributed by atoms with Gasteiger partial charge in [0.15, 0.2) is 5.78 Å². The molecule has 0 aromatic carbocycles. The predicted octanol–water partition coefficient (Wildman–Crippen LogP) is -0.708. The highest BCUT2D eigenvalue weighted by molar-refractivity contribution is 6.00. The zero-order chi connectivity index (χ0) is 5.98. The fourth-order valence-corrected chi connectivity index (χ4v) is 0.557. The van der Waals surface area contributed by atoms with Crippen LogP contribution < -0.4 is 5.73 Å². The third-order valence-corrected chi connectivity index (χ3v) is 1.02. The zero-order valence-corrected chi connectivity index (χ0v) is 4.50. The van der Waals surface area contributed by atoms with E-state index >= 15 is 0 Å². The Balaban J connectivity index is 2.68. The first kappa shape index (κ1) is 5.25. The molecule has 0 bridgehead atoms. The molecule has 0 saturated carbocycles. The van der Waals surface area contributed by atoms with Crippen LogP contribution in [0.5, 0.6) is 0 Å². The average molecular weight is 110 g/mol. The predicted molar refractivity (Wildman–Crippen MR) is 30.0 cm³/mol. The van der Waals surface area contributed by atoms with Crippen molar-refractivity contribution < 1.29 is 10.5 Å². The molecular formula is C6H8NO+. The van der Waals surface area contributed by atoms with Crippen molar-refractivity contribution in [2.45, 2.75) is 6.04 Å². The lowest BCUT2D eigenvalue weighted by Gasteiger charge is -1.96. The second-order valence-electron chi connectivity index (χ2n) is 1.78. The van der Waals surface area contributed by atoms with E-state index in [2.05, 4.69) is 5.73 Å². The van der Waals surface area contributed by atoms with E-state index in [9.17, 15) is 4.79 Å². The van der Waals surface area contributed by atoms with E-state index in [1.807, 2.05) is 0 Å². The molecule has 3 N–H and O–H groups in total. The molecule has 0 radical (unpaired) electrons. The molecule has 0 aromatic rings. The molecule has 0 saturated heterocycles. The molecule has 2 nitrogen and oxygen atoms in total. The normalized spacial score (nSPS) is 19.9. The molecule has 0 aliphatic heterocycles. The van der Waals surface area contributed by atoms with Crippen LogP contribution in [0.3, 0.4) is 0 Å². The van der Waals surface area contributed by atoms with Crippen LogP contribution in [0, 0.1) is 0 Å². The Kier molecular flexibility index (Phi) is 1.26. The van der Waals surface area contributed by atoms with E-state index in [0.717, 1.165) is 0 Å². The fraction of sp³-hybridized carbons (Fsp3) is 0.167. The summed E-state index contributed by atoms with van der Waals surface area (Å²) in [4.78, 5) is 10.4. The van der Waals surface area contributed by atoms with E-state index in [-0.39, 0.29) is 11.8 Å². The summed E-state index contributed by atoms with van der Waals surface area (Å²) in [5, 5.41) is 0. The summed E-state index contributed by atoms with van der Waals surface area (Å²) >= 11 is 0. The summed E-state index contributed by atoms with van der Waals surface area (Å²) < 4.78 is 0. The first-order chi connectivity index (χ1) is 3.79. The number of allylic oxidation sites excluding steroid dienone is 2. The summed E-state index contributed by atoms with van der Waals surface area (Å²) in [7, 11) is 0. The van der Waals surface area contributed by atoms with Gasteiger partial charge in [0.1, 0.15) is 6.04 Å². The standard InChI is InChI=1S/C6H7NO/c7-5-1-3-6(8)4-2-5/h1-5H,7H2/p+1. The highest BCUT2D eigenvalue weighted by Crippen LogP contribution is 1.92. The molecule has 1 rings (SSSR count). The Morgan fingerprint density at radius 2 is 1.88 bits per heavy atom. The highest BCUT2D eigenvalue weighted by atomic mass is 16.1. The summed E-state index contributed by atoms with van der Waals surface area (Å²) in [6.45, 7) is 0. The molecule has 0 fully saturated rings. The molecular weight excluding hydrogens is 102 g/mol. The van der Waals surface area contributed by atoms with Gasteiger partial charge in [0, 0.05) is 0 Å². The van der Waals surface area contributed by atoms with Gasteiger partial charge in [-0.15, -0.1) is 0 Å². The smallest absolute Gasteiger partial charge is 0.178 e. The molecule has 0 atom stereocenters. The molecule has 2 heteroatoms. The van der Waals surface area contributed by atoms with Crippen molar-refractivity contribution in [2.75, 3.05) is 0 Å². The molecule has 0 heterocycles. The lowest BCUT2D eigenvalue weighted by Crippen LogP contribution is -2.59. The maximum Gasteiger partial charge on any atom is 0.178 e. The third-order valence-electron chi connectivity index (χ3n) is 1.02. The molecule has 8 heavy (non-hydrogen) atoms. The molecule has 0 unspecified atom stereocenters. The number of ketones is 1. The van der Waals surface area contributed by atoms with Crippen LogP contribution in [0.25, 0.3) is 0 Å². The van der Waals surface area contributed by atoms with Gasteiger partial charge in [0.25, 0.3) is 0 Å². The van der Waals surface area contributed by atoms with Crippen LogP contribution in [0.1, 0.15) is 0 Å². The van der Waals surface area contributed by atoms with Gasteiger partial charge in [-0.3, -0.25) is 4.79 Å². The van der Waals surface area contributed by atoms with Crippen molar-refractivity contribution in [2.24, 2.45) is 0 Å². The highest BCUT2D eigenvalue weighted by Gasteiger charge is 2.01. The van der Waals surface area contributed by atoms with E-state index in [0.29, 0.717) is 0 Å². The van der Waals surface area contributed by atoms with E-state index < -0.39 is 0 Å². The monoisotopic (exact) mass is 110 g/mol. The van der Waals surface area contributed by atoms with Gasteiger partial charge in [-0.25, -0.2) is 0 Å². The number of carbonyl (C=O) groups is 1. The molecule has 1 aliphatic carbocycles. The van der Waals surface area contributed by atoms with Crippen molar-refractivity contribution in [3.05, 3.63) is 24.3 Å². The van der Waals surface area contributed by atoms with Crippen molar-refractivity contribution in [1.29, 1.82) is 0 Å². The summed E-state index contributed by atoms with van der Waals surface area (Å²) in [5.74, 6) is 0.0601. The quantitative estimate of drug-likeness (QED) is 0.440. The van der Waals surface area contributed by atoms with Crippen LogP contribution in [0.15, 0.2) is 24.3 Å². The van der Waals surface area contributed by atoms with E-state index in [1.165, 1.54) is 12.2 Å². The Bertz CT molecular complexity index is 142. The molecule has 0 aromatic heterocycles. The Labute approximate surface area is 47.7 Å². The summed E-state index contributed by atoms with van der Waals surface area (Å²) in [6, 6.07) is 0.188. The molecule has 0 amide bonds. The van der Waals surface area contributed by atoms with Gasteiger partial charge >= 0.3 is 0 Å². The Hall–Kier alpha value is -0.890. The second-order valence-corrected chi connectivity index (χ2v) is 1.78.